The molecule has 0 radical (unpaired) electrons. The minimum Gasteiger partial charge on any atom is -0.365 e. The monoisotopic (exact) mass is 433 g/mol. The standard InChI is InChI=1S/C26H35N5O/c1-16-4-8-22(9-5-16)29-25(32)23-13-28-26(31-14-20-11-21(20)15-31)30-24(23)27-12-19-7-6-17(2)18(3)10-19/h6-7,10,13,16,20-22H,4-5,8-9,11-12,14-15H2,1-3H3,(H,29,32)(H,27,28,30). The van der Waals surface area contributed by atoms with Gasteiger partial charge in [0, 0.05) is 31.9 Å². The molecule has 170 valence electrons. The normalized spacial score (nSPS) is 26.5. The molecule has 3 aliphatic rings. The Labute approximate surface area is 191 Å². The van der Waals surface area contributed by atoms with Gasteiger partial charge in [-0.25, -0.2) is 4.98 Å². The Kier molecular flexibility index (Phi) is 5.78. The highest BCUT2D eigenvalue weighted by molar-refractivity contribution is 5.98. The number of rotatable bonds is 6. The number of carbonyl (C=O) groups excluding carboxylic acids is 1. The summed E-state index contributed by atoms with van der Waals surface area (Å²) in [5.74, 6) is 3.68. The van der Waals surface area contributed by atoms with Gasteiger partial charge in [0.2, 0.25) is 5.95 Å². The van der Waals surface area contributed by atoms with Crippen LogP contribution in [0.5, 0.6) is 0 Å². The molecule has 2 aliphatic carbocycles. The number of nitrogens with one attached hydrogen (secondary N) is 2. The Balaban J connectivity index is 1.34. The van der Waals surface area contributed by atoms with Gasteiger partial charge < -0.3 is 15.5 Å². The van der Waals surface area contributed by atoms with Crippen LogP contribution in [0.15, 0.2) is 24.4 Å². The molecule has 0 spiro atoms. The topological polar surface area (TPSA) is 70.2 Å². The molecule has 5 rings (SSSR count). The van der Waals surface area contributed by atoms with Gasteiger partial charge in [0.05, 0.1) is 0 Å². The fourth-order valence-electron chi connectivity index (χ4n) is 5.15. The van der Waals surface area contributed by atoms with Crippen LogP contribution in [0.25, 0.3) is 0 Å². The molecule has 2 atom stereocenters. The summed E-state index contributed by atoms with van der Waals surface area (Å²) in [7, 11) is 0. The van der Waals surface area contributed by atoms with Crippen LogP contribution in [0.1, 0.15) is 66.1 Å². The van der Waals surface area contributed by atoms with E-state index in [4.69, 9.17) is 4.98 Å². The molecule has 1 amide bonds. The maximum atomic E-state index is 13.2. The molecule has 32 heavy (non-hydrogen) atoms. The fourth-order valence-corrected chi connectivity index (χ4v) is 5.15. The first kappa shape index (κ1) is 21.2. The third-order valence-corrected chi connectivity index (χ3v) is 7.66. The fraction of sp³-hybridized carbons (Fsp3) is 0.577. The molecule has 1 aromatic carbocycles. The zero-order valence-electron chi connectivity index (χ0n) is 19.5. The quantitative estimate of drug-likeness (QED) is 0.703. The Morgan fingerprint density at radius 3 is 2.56 bits per heavy atom. The van der Waals surface area contributed by atoms with Gasteiger partial charge in [0.15, 0.2) is 0 Å². The van der Waals surface area contributed by atoms with Crippen LogP contribution in [-0.2, 0) is 6.54 Å². The Morgan fingerprint density at radius 1 is 1.09 bits per heavy atom. The molecule has 6 heteroatoms. The third kappa shape index (κ3) is 4.59. The second-order valence-electron chi connectivity index (χ2n) is 10.3. The number of nitrogens with zero attached hydrogens (tertiary/aromatic N) is 3. The van der Waals surface area contributed by atoms with E-state index < -0.39 is 0 Å². The minimum absolute atomic E-state index is 0.0667. The van der Waals surface area contributed by atoms with Crippen molar-refractivity contribution in [2.45, 2.75) is 65.5 Å². The van der Waals surface area contributed by atoms with Gasteiger partial charge in [-0.1, -0.05) is 25.1 Å². The number of fused-ring (bicyclic) bond motifs is 1. The van der Waals surface area contributed by atoms with Crippen molar-refractivity contribution >= 4 is 17.7 Å². The van der Waals surface area contributed by atoms with E-state index in [0.717, 1.165) is 49.6 Å². The van der Waals surface area contributed by atoms with Crippen LogP contribution in [-0.4, -0.2) is 35.0 Å². The maximum absolute atomic E-state index is 13.2. The first-order chi connectivity index (χ1) is 15.5. The van der Waals surface area contributed by atoms with Gasteiger partial charge in [-0.2, -0.15) is 4.98 Å². The first-order valence-corrected chi connectivity index (χ1v) is 12.2. The lowest BCUT2D eigenvalue weighted by molar-refractivity contribution is 0.0923. The lowest BCUT2D eigenvalue weighted by atomic mass is 9.87. The molecule has 1 saturated heterocycles. The summed E-state index contributed by atoms with van der Waals surface area (Å²) in [5, 5.41) is 6.69. The van der Waals surface area contributed by atoms with Crippen molar-refractivity contribution in [2.24, 2.45) is 17.8 Å². The van der Waals surface area contributed by atoms with E-state index in [2.05, 4.69) is 59.5 Å². The molecule has 2 saturated carbocycles. The summed E-state index contributed by atoms with van der Waals surface area (Å²) in [6.45, 7) is 9.24. The summed E-state index contributed by atoms with van der Waals surface area (Å²) in [4.78, 5) is 24.9. The lowest BCUT2D eigenvalue weighted by Crippen LogP contribution is -2.38. The second-order valence-corrected chi connectivity index (χ2v) is 10.3. The largest absolute Gasteiger partial charge is 0.365 e. The predicted molar refractivity (Wildman–Crippen MR) is 128 cm³/mol. The minimum atomic E-state index is -0.0667. The van der Waals surface area contributed by atoms with Crippen molar-refractivity contribution in [3.63, 3.8) is 0 Å². The van der Waals surface area contributed by atoms with Crippen molar-refractivity contribution in [2.75, 3.05) is 23.3 Å². The first-order valence-electron chi connectivity index (χ1n) is 12.2. The summed E-state index contributed by atoms with van der Waals surface area (Å²) in [6, 6.07) is 6.72. The van der Waals surface area contributed by atoms with Crippen LogP contribution in [0.2, 0.25) is 0 Å². The molecule has 1 aromatic heterocycles. The number of aromatic nitrogens is 2. The molecule has 1 aliphatic heterocycles. The summed E-state index contributed by atoms with van der Waals surface area (Å²) in [6.07, 6.45) is 7.51. The number of carbonyl (C=O) groups is 1. The van der Waals surface area contributed by atoms with Crippen molar-refractivity contribution in [1.82, 2.24) is 15.3 Å². The Hall–Kier alpha value is -2.63. The number of amides is 1. The number of hydrogen-bond acceptors (Lipinski definition) is 5. The number of anilines is 2. The predicted octanol–water partition coefficient (Wildman–Crippen LogP) is 4.47. The van der Waals surface area contributed by atoms with E-state index in [1.165, 1.54) is 36.0 Å². The molecule has 3 fully saturated rings. The molecular formula is C26H35N5O. The number of piperidine rings is 1. The van der Waals surface area contributed by atoms with Crippen LogP contribution in [0.3, 0.4) is 0 Å². The van der Waals surface area contributed by atoms with Crippen LogP contribution >= 0.6 is 0 Å². The lowest BCUT2D eigenvalue weighted by Gasteiger charge is -2.27. The van der Waals surface area contributed by atoms with Crippen molar-refractivity contribution in [3.05, 3.63) is 46.6 Å². The average molecular weight is 434 g/mol. The van der Waals surface area contributed by atoms with Crippen molar-refractivity contribution < 1.29 is 4.79 Å². The molecule has 2 N–H and O–H groups in total. The zero-order valence-corrected chi connectivity index (χ0v) is 19.5. The SMILES string of the molecule is Cc1ccc(CNc2nc(N3CC4CC4C3)ncc2C(=O)NC2CCC(C)CC2)cc1C. The van der Waals surface area contributed by atoms with E-state index in [1.807, 2.05) is 0 Å². The molecule has 2 unspecified atom stereocenters. The number of benzene rings is 1. The van der Waals surface area contributed by atoms with E-state index in [1.54, 1.807) is 6.20 Å². The van der Waals surface area contributed by atoms with E-state index in [-0.39, 0.29) is 11.9 Å². The Morgan fingerprint density at radius 2 is 1.84 bits per heavy atom. The molecular weight excluding hydrogens is 398 g/mol. The Bertz CT molecular complexity index is 988. The summed E-state index contributed by atoms with van der Waals surface area (Å²) in [5.41, 5.74) is 4.28. The highest BCUT2D eigenvalue weighted by atomic mass is 16.1. The third-order valence-electron chi connectivity index (χ3n) is 7.66. The molecule has 2 heterocycles. The van der Waals surface area contributed by atoms with E-state index in [0.29, 0.717) is 17.9 Å². The molecule has 6 nitrogen and oxygen atoms in total. The van der Waals surface area contributed by atoms with Crippen LogP contribution < -0.4 is 15.5 Å². The van der Waals surface area contributed by atoms with Gasteiger partial charge in [0.1, 0.15) is 11.4 Å². The maximum Gasteiger partial charge on any atom is 0.256 e. The average Bonchev–Trinajstić information content (AvgIpc) is 3.40. The van der Waals surface area contributed by atoms with Gasteiger partial charge in [-0.3, -0.25) is 4.79 Å². The zero-order chi connectivity index (χ0) is 22.2. The van der Waals surface area contributed by atoms with E-state index in [9.17, 15) is 4.79 Å². The smallest absolute Gasteiger partial charge is 0.256 e. The van der Waals surface area contributed by atoms with Crippen LogP contribution in [0, 0.1) is 31.6 Å². The summed E-state index contributed by atoms with van der Waals surface area (Å²) >= 11 is 0. The second kappa shape index (κ2) is 8.72. The molecule has 0 bridgehead atoms. The number of hydrogen-bond donors (Lipinski definition) is 2. The highest BCUT2D eigenvalue weighted by Gasteiger charge is 2.46. The van der Waals surface area contributed by atoms with Crippen molar-refractivity contribution in [3.8, 4) is 0 Å². The van der Waals surface area contributed by atoms with E-state index >= 15 is 0 Å². The van der Waals surface area contributed by atoms with Crippen molar-refractivity contribution in [1.29, 1.82) is 0 Å². The van der Waals surface area contributed by atoms with Gasteiger partial charge in [0.25, 0.3) is 5.91 Å². The number of aryl methyl sites for hydroxylation is 2. The highest BCUT2D eigenvalue weighted by Crippen LogP contribution is 2.45. The van der Waals surface area contributed by atoms with Gasteiger partial charge in [-0.15, -0.1) is 0 Å². The summed E-state index contributed by atoms with van der Waals surface area (Å²) < 4.78 is 0. The van der Waals surface area contributed by atoms with Gasteiger partial charge in [-0.05, 0) is 80.4 Å². The molecule has 2 aromatic rings. The van der Waals surface area contributed by atoms with Crippen LogP contribution in [0.4, 0.5) is 11.8 Å². The van der Waals surface area contributed by atoms with Gasteiger partial charge >= 0.3 is 0 Å².